The Bertz CT molecular complexity index is 671. The van der Waals surface area contributed by atoms with Gasteiger partial charge < -0.3 is 11.1 Å². The second-order valence-corrected chi connectivity index (χ2v) is 5.13. The van der Waals surface area contributed by atoms with Crippen molar-refractivity contribution in [3.05, 3.63) is 65.7 Å². The molecule has 0 saturated carbocycles. The van der Waals surface area contributed by atoms with Gasteiger partial charge in [0.1, 0.15) is 5.84 Å². The van der Waals surface area contributed by atoms with E-state index in [1.54, 1.807) is 24.3 Å². The van der Waals surface area contributed by atoms with Crippen molar-refractivity contribution >= 4 is 29.0 Å². The minimum absolute atomic E-state index is 0.101. The van der Waals surface area contributed by atoms with Crippen molar-refractivity contribution in [1.29, 1.82) is 0 Å². The van der Waals surface area contributed by atoms with Crippen LogP contribution >= 0.6 is 11.6 Å². The lowest BCUT2D eigenvalue weighted by Gasteiger charge is -2.15. The normalized spacial score (nSPS) is 12.7. The zero-order chi connectivity index (χ0) is 15.9. The first kappa shape index (κ1) is 16.0. The number of amidine groups is 1. The Labute approximate surface area is 135 Å². The Kier molecular flexibility index (Phi) is 5.55. The number of nitrogens with one attached hydrogen (secondary N) is 1. The smallest absolute Gasteiger partial charge is 0.253 e. The number of rotatable bonds is 5. The first-order valence-corrected chi connectivity index (χ1v) is 7.49. The molecule has 0 bridgehead atoms. The minimum atomic E-state index is -0.196. The van der Waals surface area contributed by atoms with E-state index in [-0.39, 0.29) is 23.7 Å². The van der Waals surface area contributed by atoms with Crippen LogP contribution in [0.3, 0.4) is 0 Å². The number of nitrogens with zero attached hydrogens (tertiary/aromatic N) is 1. The molecule has 4 nitrogen and oxygen atoms in total. The van der Waals surface area contributed by atoms with Gasteiger partial charge in [0.05, 0.1) is 23.2 Å². The van der Waals surface area contributed by atoms with Crippen molar-refractivity contribution in [2.45, 2.75) is 13.0 Å². The summed E-state index contributed by atoms with van der Waals surface area (Å²) < 4.78 is 0. The topological polar surface area (TPSA) is 67.5 Å². The Hall–Kier alpha value is -2.33. The number of alkyl halides is 1. The number of carbonyl (C=O) groups is 1. The van der Waals surface area contributed by atoms with E-state index in [4.69, 9.17) is 17.3 Å². The maximum Gasteiger partial charge on any atom is 0.253 e. The van der Waals surface area contributed by atoms with Crippen LogP contribution in [0.4, 0.5) is 5.69 Å². The number of amides is 1. The molecule has 2 rings (SSSR count). The maximum absolute atomic E-state index is 12.5. The summed E-state index contributed by atoms with van der Waals surface area (Å²) in [7, 11) is 0. The highest BCUT2D eigenvalue weighted by molar-refractivity contribution is 6.28. The zero-order valence-electron chi connectivity index (χ0n) is 12.3. The number of hydrogen-bond acceptors (Lipinski definition) is 2. The number of aliphatic imine (C=N–C) groups is 1. The minimum Gasteiger partial charge on any atom is -0.386 e. The lowest BCUT2D eigenvalue weighted by atomic mass is 10.1. The van der Waals surface area contributed by atoms with Crippen LogP contribution < -0.4 is 11.1 Å². The molecule has 0 spiro atoms. The van der Waals surface area contributed by atoms with Gasteiger partial charge in [-0.2, -0.15) is 0 Å². The van der Waals surface area contributed by atoms with Gasteiger partial charge in [0.25, 0.3) is 5.91 Å². The van der Waals surface area contributed by atoms with Gasteiger partial charge >= 0.3 is 0 Å². The molecule has 0 saturated heterocycles. The number of para-hydroxylation sites is 1. The molecule has 0 aromatic heterocycles. The van der Waals surface area contributed by atoms with E-state index in [0.29, 0.717) is 11.3 Å². The fourth-order valence-electron chi connectivity index (χ4n) is 2.05. The maximum atomic E-state index is 12.5. The molecule has 0 fully saturated rings. The van der Waals surface area contributed by atoms with Gasteiger partial charge in [0.15, 0.2) is 0 Å². The molecule has 1 unspecified atom stereocenters. The number of halogens is 1. The molecule has 1 amide bonds. The molecule has 0 radical (unpaired) electrons. The third-order valence-electron chi connectivity index (χ3n) is 3.20. The molecule has 22 heavy (non-hydrogen) atoms. The highest BCUT2D eigenvalue weighted by Crippen LogP contribution is 2.20. The van der Waals surface area contributed by atoms with E-state index in [2.05, 4.69) is 10.3 Å². The molecular weight excluding hydrogens is 298 g/mol. The van der Waals surface area contributed by atoms with Crippen molar-refractivity contribution in [2.75, 3.05) is 5.88 Å². The van der Waals surface area contributed by atoms with Gasteiger partial charge in [-0.3, -0.25) is 4.79 Å². The van der Waals surface area contributed by atoms with Crippen LogP contribution in [0.25, 0.3) is 0 Å². The average Bonchev–Trinajstić information content (AvgIpc) is 2.55. The summed E-state index contributed by atoms with van der Waals surface area (Å²) >= 11 is 5.64. The number of nitrogens with two attached hydrogens (primary N) is 1. The van der Waals surface area contributed by atoms with Crippen molar-refractivity contribution < 1.29 is 4.79 Å². The second kappa shape index (κ2) is 7.61. The molecule has 0 aliphatic carbocycles. The van der Waals surface area contributed by atoms with Crippen molar-refractivity contribution in [1.82, 2.24) is 5.32 Å². The summed E-state index contributed by atoms with van der Waals surface area (Å²) in [6.45, 7) is 1.94. The highest BCUT2D eigenvalue weighted by Gasteiger charge is 2.14. The Morgan fingerprint density at radius 2 is 1.82 bits per heavy atom. The van der Waals surface area contributed by atoms with Crippen LogP contribution in [0.2, 0.25) is 0 Å². The summed E-state index contributed by atoms with van der Waals surface area (Å²) in [5.41, 5.74) is 7.67. The first-order chi connectivity index (χ1) is 10.6. The van der Waals surface area contributed by atoms with Gasteiger partial charge in [0.2, 0.25) is 0 Å². The number of benzene rings is 2. The lowest BCUT2D eigenvalue weighted by molar-refractivity contribution is 0.0940. The van der Waals surface area contributed by atoms with Crippen LogP contribution in [0.5, 0.6) is 0 Å². The van der Waals surface area contributed by atoms with Gasteiger partial charge in [-0.1, -0.05) is 42.5 Å². The third kappa shape index (κ3) is 4.09. The molecule has 2 aromatic carbocycles. The molecule has 3 N–H and O–H groups in total. The largest absolute Gasteiger partial charge is 0.386 e. The van der Waals surface area contributed by atoms with Crippen molar-refractivity contribution in [3.8, 4) is 0 Å². The van der Waals surface area contributed by atoms with Crippen LogP contribution in [-0.2, 0) is 0 Å². The van der Waals surface area contributed by atoms with Gasteiger partial charge in [-0.05, 0) is 24.6 Å². The Morgan fingerprint density at radius 1 is 1.18 bits per heavy atom. The summed E-state index contributed by atoms with van der Waals surface area (Å²) in [5, 5.41) is 2.96. The molecule has 0 aliphatic heterocycles. The molecule has 0 aliphatic rings. The Morgan fingerprint density at radius 3 is 2.50 bits per heavy atom. The zero-order valence-corrected chi connectivity index (χ0v) is 13.0. The highest BCUT2D eigenvalue weighted by atomic mass is 35.5. The summed E-state index contributed by atoms with van der Waals surface area (Å²) in [4.78, 5) is 16.6. The van der Waals surface area contributed by atoms with Crippen LogP contribution in [0.15, 0.2) is 59.6 Å². The summed E-state index contributed by atoms with van der Waals surface area (Å²) in [6.07, 6.45) is 0. The Balaban J connectivity index is 2.20. The molecule has 114 valence electrons. The molecular formula is C17H18ClN3O. The van der Waals surface area contributed by atoms with Crippen LogP contribution in [-0.4, -0.2) is 17.6 Å². The lowest BCUT2D eigenvalue weighted by Crippen LogP contribution is -2.26. The monoisotopic (exact) mass is 315 g/mol. The predicted molar refractivity (Wildman–Crippen MR) is 90.8 cm³/mol. The van der Waals surface area contributed by atoms with E-state index in [9.17, 15) is 4.79 Å². The van der Waals surface area contributed by atoms with Gasteiger partial charge in [-0.15, -0.1) is 11.6 Å². The molecule has 0 heterocycles. The van der Waals surface area contributed by atoms with E-state index < -0.39 is 0 Å². The number of carbonyl (C=O) groups excluding carboxylic acids is 1. The quantitative estimate of drug-likeness (QED) is 0.504. The van der Waals surface area contributed by atoms with Crippen LogP contribution in [0, 0.1) is 0 Å². The number of hydrogen-bond donors (Lipinski definition) is 2. The van der Waals surface area contributed by atoms with Gasteiger partial charge in [0, 0.05) is 0 Å². The standard InChI is InChI=1S/C17H18ClN3O/c1-12(13-7-3-2-4-8-13)20-17(22)14-9-5-6-10-15(14)21-16(19)11-18/h2-10,12H,11H2,1H3,(H2,19,21)(H,20,22). The fraction of sp³-hybridized carbons (Fsp3) is 0.176. The summed E-state index contributed by atoms with van der Waals surface area (Å²) in [5.74, 6) is 0.201. The predicted octanol–water partition coefficient (Wildman–Crippen LogP) is 3.41. The van der Waals surface area contributed by atoms with E-state index in [0.717, 1.165) is 5.56 Å². The fourth-order valence-corrected chi connectivity index (χ4v) is 2.11. The molecule has 1 atom stereocenters. The SMILES string of the molecule is CC(NC(=O)c1ccccc1N=C(N)CCl)c1ccccc1. The first-order valence-electron chi connectivity index (χ1n) is 6.95. The second-order valence-electron chi connectivity index (χ2n) is 4.86. The van der Waals surface area contributed by atoms with Crippen LogP contribution in [0.1, 0.15) is 28.9 Å². The van der Waals surface area contributed by atoms with Crippen molar-refractivity contribution in [2.24, 2.45) is 10.7 Å². The van der Waals surface area contributed by atoms with Gasteiger partial charge in [-0.25, -0.2) is 4.99 Å². The average molecular weight is 316 g/mol. The van der Waals surface area contributed by atoms with Crippen molar-refractivity contribution in [3.63, 3.8) is 0 Å². The summed E-state index contributed by atoms with van der Waals surface area (Å²) in [6, 6.07) is 16.7. The van der Waals surface area contributed by atoms with E-state index in [1.807, 2.05) is 37.3 Å². The van der Waals surface area contributed by atoms with E-state index in [1.165, 1.54) is 0 Å². The molecule has 2 aromatic rings. The molecule has 5 heteroatoms. The van der Waals surface area contributed by atoms with E-state index >= 15 is 0 Å². The third-order valence-corrected chi connectivity index (χ3v) is 3.47.